The molecule has 5 nitrogen and oxygen atoms in total. The summed E-state index contributed by atoms with van der Waals surface area (Å²) in [4.78, 5) is 12.3. The molecule has 0 aromatic heterocycles. The van der Waals surface area contributed by atoms with Crippen molar-refractivity contribution < 1.29 is 20.1 Å². The van der Waals surface area contributed by atoms with Gasteiger partial charge in [0, 0.05) is 0 Å². The Hall–Kier alpha value is -0.910. The van der Waals surface area contributed by atoms with Gasteiger partial charge in [-0.15, -0.1) is 0 Å². The monoisotopic (exact) mass is 610 g/mol. The van der Waals surface area contributed by atoms with E-state index in [-0.39, 0.29) is 18.9 Å². The molecule has 0 bridgehead atoms. The highest BCUT2D eigenvalue weighted by molar-refractivity contribution is 5.76. The van der Waals surface area contributed by atoms with Gasteiger partial charge < -0.3 is 20.6 Å². The van der Waals surface area contributed by atoms with Gasteiger partial charge in [0.1, 0.15) is 0 Å². The summed E-state index contributed by atoms with van der Waals surface area (Å²) in [6.07, 6.45) is 37.9. The number of rotatable bonds is 34. The molecule has 0 saturated heterocycles. The predicted molar refractivity (Wildman–Crippen MR) is 185 cm³/mol. The number of aliphatic hydroxyl groups excluding tert-OH is 3. The van der Waals surface area contributed by atoms with Crippen molar-refractivity contribution in [2.45, 2.75) is 218 Å². The van der Waals surface area contributed by atoms with E-state index in [2.05, 4.69) is 19.2 Å². The average Bonchev–Trinajstić information content (AvgIpc) is 3.00. The molecular formula is C38H75NO4. The summed E-state index contributed by atoms with van der Waals surface area (Å²) in [5.41, 5.74) is 0. The fraction of sp³-hybridized carbons (Fsp3) is 0.921. The second-order valence-corrected chi connectivity index (χ2v) is 13.2. The summed E-state index contributed by atoms with van der Waals surface area (Å²) >= 11 is 0. The number of nitrogens with one attached hydrogen (secondary N) is 1. The lowest BCUT2D eigenvalue weighted by molar-refractivity contribution is -0.124. The SMILES string of the molecule is CCCCCCCCCCCCCCCCCCCCC/C=C/C(O)C(CO)NC(=O)CC(O)CCCCCCCCC. The van der Waals surface area contributed by atoms with E-state index in [1.165, 1.54) is 148 Å². The third-order valence-electron chi connectivity index (χ3n) is 8.82. The van der Waals surface area contributed by atoms with E-state index in [0.29, 0.717) is 6.42 Å². The Balaban J connectivity index is 3.62. The Kier molecular flexibility index (Phi) is 33.3. The molecular weight excluding hydrogens is 534 g/mol. The number of hydrogen-bond donors (Lipinski definition) is 4. The van der Waals surface area contributed by atoms with Gasteiger partial charge in [-0.25, -0.2) is 0 Å². The Labute approximate surface area is 268 Å². The third kappa shape index (κ3) is 30.9. The number of carbonyl (C=O) groups is 1. The topological polar surface area (TPSA) is 89.8 Å². The van der Waals surface area contributed by atoms with Crippen LogP contribution in [0.15, 0.2) is 12.2 Å². The minimum atomic E-state index is -0.922. The van der Waals surface area contributed by atoms with Gasteiger partial charge in [0.2, 0.25) is 5.91 Å². The molecule has 3 unspecified atom stereocenters. The summed E-state index contributed by atoms with van der Waals surface area (Å²) in [5.74, 6) is -0.319. The van der Waals surface area contributed by atoms with Gasteiger partial charge in [-0.2, -0.15) is 0 Å². The number of unbranched alkanes of at least 4 members (excludes halogenated alkanes) is 25. The summed E-state index contributed by atoms with van der Waals surface area (Å²) < 4.78 is 0. The van der Waals surface area contributed by atoms with Crippen molar-refractivity contribution in [1.82, 2.24) is 5.32 Å². The number of allylic oxidation sites excluding steroid dienone is 1. The van der Waals surface area contributed by atoms with E-state index in [1.807, 2.05) is 6.08 Å². The first-order valence-corrected chi connectivity index (χ1v) is 19.0. The van der Waals surface area contributed by atoms with Crippen LogP contribution in [0.4, 0.5) is 0 Å². The lowest BCUT2D eigenvalue weighted by Crippen LogP contribution is -2.45. The lowest BCUT2D eigenvalue weighted by atomic mass is 10.0. The Morgan fingerprint density at radius 2 is 0.953 bits per heavy atom. The van der Waals surface area contributed by atoms with E-state index in [1.54, 1.807) is 6.08 Å². The van der Waals surface area contributed by atoms with Crippen LogP contribution >= 0.6 is 0 Å². The highest BCUT2D eigenvalue weighted by atomic mass is 16.3. The van der Waals surface area contributed by atoms with Crippen LogP contribution in [0.25, 0.3) is 0 Å². The summed E-state index contributed by atoms with van der Waals surface area (Å²) in [7, 11) is 0. The van der Waals surface area contributed by atoms with Gasteiger partial charge in [0.05, 0.1) is 31.3 Å². The van der Waals surface area contributed by atoms with Crippen LogP contribution in [0.1, 0.15) is 200 Å². The molecule has 0 heterocycles. The van der Waals surface area contributed by atoms with Gasteiger partial charge in [-0.05, 0) is 19.3 Å². The van der Waals surface area contributed by atoms with Crippen molar-refractivity contribution >= 4 is 5.91 Å². The van der Waals surface area contributed by atoms with E-state index in [0.717, 1.165) is 25.7 Å². The minimum Gasteiger partial charge on any atom is -0.394 e. The molecule has 256 valence electrons. The van der Waals surface area contributed by atoms with Crippen molar-refractivity contribution in [1.29, 1.82) is 0 Å². The first-order chi connectivity index (χ1) is 21.0. The summed E-state index contributed by atoms with van der Waals surface area (Å²) in [5, 5.41) is 32.9. The van der Waals surface area contributed by atoms with E-state index < -0.39 is 18.2 Å². The van der Waals surface area contributed by atoms with E-state index in [9.17, 15) is 20.1 Å². The van der Waals surface area contributed by atoms with Crippen LogP contribution in [0.2, 0.25) is 0 Å². The van der Waals surface area contributed by atoms with Crippen molar-refractivity contribution in [3.63, 3.8) is 0 Å². The minimum absolute atomic E-state index is 0.0160. The highest BCUT2D eigenvalue weighted by Crippen LogP contribution is 2.15. The molecule has 1 amide bonds. The fourth-order valence-electron chi connectivity index (χ4n) is 5.87. The van der Waals surface area contributed by atoms with Crippen molar-refractivity contribution in [3.05, 3.63) is 12.2 Å². The molecule has 4 N–H and O–H groups in total. The van der Waals surface area contributed by atoms with Crippen LogP contribution in [-0.2, 0) is 4.79 Å². The van der Waals surface area contributed by atoms with Crippen LogP contribution < -0.4 is 5.32 Å². The normalized spacial score (nSPS) is 13.9. The number of aliphatic hydroxyl groups is 3. The maximum absolute atomic E-state index is 12.3. The Bertz CT molecular complexity index is 596. The molecule has 43 heavy (non-hydrogen) atoms. The van der Waals surface area contributed by atoms with Gasteiger partial charge in [0.25, 0.3) is 0 Å². The molecule has 0 aromatic rings. The zero-order valence-corrected chi connectivity index (χ0v) is 28.8. The molecule has 0 spiro atoms. The quantitative estimate of drug-likeness (QED) is 0.0432. The predicted octanol–water partition coefficient (Wildman–Crippen LogP) is 10.1. The zero-order valence-electron chi connectivity index (χ0n) is 28.8. The maximum atomic E-state index is 12.3. The average molecular weight is 610 g/mol. The van der Waals surface area contributed by atoms with E-state index in [4.69, 9.17) is 0 Å². The van der Waals surface area contributed by atoms with Gasteiger partial charge >= 0.3 is 0 Å². The second-order valence-electron chi connectivity index (χ2n) is 13.2. The fourth-order valence-corrected chi connectivity index (χ4v) is 5.87. The standard InChI is InChI=1S/C38H75NO4/c1-3-5-7-9-11-12-13-14-15-16-17-18-19-20-21-22-23-24-26-28-30-32-37(42)36(34-40)39-38(43)33-35(41)31-29-27-25-10-8-6-4-2/h30,32,35-37,40-42H,3-29,31,33-34H2,1-2H3,(H,39,43)/b32-30+. The van der Waals surface area contributed by atoms with Crippen LogP contribution in [0.3, 0.4) is 0 Å². The van der Waals surface area contributed by atoms with Crippen LogP contribution in [0, 0.1) is 0 Å². The molecule has 5 heteroatoms. The summed E-state index contributed by atoms with van der Waals surface area (Å²) in [6.45, 7) is 4.17. The van der Waals surface area contributed by atoms with E-state index >= 15 is 0 Å². The highest BCUT2D eigenvalue weighted by Gasteiger charge is 2.20. The van der Waals surface area contributed by atoms with Crippen LogP contribution in [-0.4, -0.2) is 46.1 Å². The molecule has 0 aliphatic heterocycles. The molecule has 0 rings (SSSR count). The molecule has 0 aliphatic rings. The molecule has 0 fully saturated rings. The molecule has 0 aromatic carbocycles. The van der Waals surface area contributed by atoms with Crippen molar-refractivity contribution in [2.75, 3.05) is 6.61 Å². The van der Waals surface area contributed by atoms with Crippen molar-refractivity contribution in [2.24, 2.45) is 0 Å². The molecule has 0 aliphatic carbocycles. The van der Waals surface area contributed by atoms with Crippen molar-refractivity contribution in [3.8, 4) is 0 Å². The number of carbonyl (C=O) groups excluding carboxylic acids is 1. The second kappa shape index (κ2) is 34.0. The third-order valence-corrected chi connectivity index (χ3v) is 8.82. The largest absolute Gasteiger partial charge is 0.394 e. The maximum Gasteiger partial charge on any atom is 0.222 e. The molecule has 3 atom stereocenters. The van der Waals surface area contributed by atoms with Crippen LogP contribution in [0.5, 0.6) is 0 Å². The molecule has 0 radical (unpaired) electrons. The number of hydrogen-bond acceptors (Lipinski definition) is 4. The lowest BCUT2D eigenvalue weighted by Gasteiger charge is -2.21. The van der Waals surface area contributed by atoms with Gasteiger partial charge in [0.15, 0.2) is 0 Å². The van der Waals surface area contributed by atoms with Gasteiger partial charge in [-0.3, -0.25) is 4.79 Å². The Morgan fingerprint density at radius 3 is 1.35 bits per heavy atom. The number of amides is 1. The smallest absolute Gasteiger partial charge is 0.222 e. The zero-order chi connectivity index (χ0) is 31.6. The Morgan fingerprint density at radius 1 is 0.581 bits per heavy atom. The first kappa shape index (κ1) is 42.1. The molecule has 0 saturated carbocycles. The summed E-state index contributed by atoms with van der Waals surface area (Å²) in [6, 6.07) is -0.736. The van der Waals surface area contributed by atoms with Gasteiger partial charge in [-0.1, -0.05) is 187 Å². The first-order valence-electron chi connectivity index (χ1n) is 19.0.